The van der Waals surface area contributed by atoms with Gasteiger partial charge in [-0.05, 0) is 35.9 Å². The molecule has 0 amide bonds. The first-order valence-corrected chi connectivity index (χ1v) is 8.42. The minimum atomic E-state index is -0.298. The lowest BCUT2D eigenvalue weighted by atomic mass is 10.0. The molecule has 1 aliphatic rings. The maximum absolute atomic E-state index is 12.6. The number of carbonyl (C=O) groups is 1. The molecular weight excluding hydrogens is 366 g/mol. The van der Waals surface area contributed by atoms with Crippen molar-refractivity contribution >= 4 is 23.5 Å². The molecule has 0 spiro atoms. The number of nitriles is 2. The molecule has 0 atom stereocenters. The summed E-state index contributed by atoms with van der Waals surface area (Å²) in [5, 5.41) is 28.6. The van der Waals surface area contributed by atoms with E-state index >= 15 is 0 Å². The van der Waals surface area contributed by atoms with Gasteiger partial charge in [0.2, 0.25) is 5.78 Å². The zero-order chi connectivity index (χ0) is 19.4. The Morgan fingerprint density at radius 2 is 1.78 bits per heavy atom. The van der Waals surface area contributed by atoms with Gasteiger partial charge in [0.15, 0.2) is 5.76 Å². The van der Waals surface area contributed by atoms with E-state index in [4.69, 9.17) is 26.9 Å². The molecule has 0 aromatic heterocycles. The van der Waals surface area contributed by atoms with E-state index in [0.717, 1.165) is 5.56 Å². The molecule has 2 aromatic rings. The second-order valence-corrected chi connectivity index (χ2v) is 6.33. The summed E-state index contributed by atoms with van der Waals surface area (Å²) in [5.74, 6) is 0.0240. The number of benzene rings is 2. The number of allylic oxidation sites excluding steroid dienone is 1. The third-order valence-corrected chi connectivity index (χ3v) is 4.31. The molecule has 0 saturated carbocycles. The zero-order valence-corrected chi connectivity index (χ0v) is 14.9. The number of carbonyl (C=O) groups excluding carboxylic acids is 1. The van der Waals surface area contributed by atoms with Crippen LogP contribution >= 0.6 is 11.6 Å². The first-order chi connectivity index (χ1) is 13.0. The van der Waals surface area contributed by atoms with Crippen LogP contribution in [-0.4, -0.2) is 28.9 Å². The van der Waals surface area contributed by atoms with Crippen LogP contribution in [0.4, 0.5) is 0 Å². The smallest absolute Gasteiger partial charge is 0.231 e. The Balaban J connectivity index is 1.95. The topological polar surface area (TPSA) is 97.3 Å². The second-order valence-electron chi connectivity index (χ2n) is 5.89. The Labute approximate surface area is 161 Å². The fourth-order valence-electron chi connectivity index (χ4n) is 2.75. The number of phenols is 1. The van der Waals surface area contributed by atoms with E-state index in [2.05, 4.69) is 0 Å². The van der Waals surface area contributed by atoms with E-state index in [1.165, 1.54) is 12.1 Å². The van der Waals surface area contributed by atoms with Gasteiger partial charge in [-0.25, -0.2) is 0 Å². The van der Waals surface area contributed by atoms with Gasteiger partial charge >= 0.3 is 0 Å². The predicted molar refractivity (Wildman–Crippen MR) is 99.0 cm³/mol. The van der Waals surface area contributed by atoms with Crippen LogP contribution in [0.1, 0.15) is 21.5 Å². The number of halogens is 1. The van der Waals surface area contributed by atoms with Gasteiger partial charge in [0.1, 0.15) is 11.5 Å². The fraction of sp³-hybridized carbons (Fsp3) is 0.150. The van der Waals surface area contributed by atoms with Gasteiger partial charge in [-0.15, -0.1) is 0 Å². The standard InChI is InChI=1S/C20H14ClN3O3/c21-14-3-1-13(2-4-14)11-18-19(26)15-5-6-17(25)16(20(15)27-18)12-24(9-7-22)10-8-23/h1-6,11,25H,9-10,12H2. The molecule has 27 heavy (non-hydrogen) atoms. The van der Waals surface area contributed by atoms with Gasteiger partial charge in [0.05, 0.1) is 36.4 Å². The summed E-state index contributed by atoms with van der Waals surface area (Å²) >= 11 is 5.87. The summed E-state index contributed by atoms with van der Waals surface area (Å²) in [5.41, 5.74) is 1.44. The van der Waals surface area contributed by atoms with E-state index in [-0.39, 0.29) is 42.7 Å². The molecule has 134 valence electrons. The lowest BCUT2D eigenvalue weighted by Crippen LogP contribution is -2.24. The van der Waals surface area contributed by atoms with Crippen molar-refractivity contribution in [1.29, 1.82) is 10.5 Å². The maximum atomic E-state index is 12.6. The summed E-state index contributed by atoms with van der Waals surface area (Å²) in [6.45, 7) is 0.133. The highest BCUT2D eigenvalue weighted by molar-refractivity contribution is 6.30. The summed E-state index contributed by atoms with van der Waals surface area (Å²) in [6, 6.07) is 13.8. The molecule has 0 bridgehead atoms. The normalized spacial score (nSPS) is 13.9. The van der Waals surface area contributed by atoms with Crippen LogP contribution in [0.2, 0.25) is 5.02 Å². The monoisotopic (exact) mass is 379 g/mol. The zero-order valence-electron chi connectivity index (χ0n) is 14.1. The molecule has 6 nitrogen and oxygen atoms in total. The van der Waals surface area contributed by atoms with Gasteiger partial charge in [-0.3, -0.25) is 9.69 Å². The van der Waals surface area contributed by atoms with Gasteiger partial charge in [-0.2, -0.15) is 10.5 Å². The Hall–Kier alpha value is -3.32. The molecule has 0 fully saturated rings. The maximum Gasteiger partial charge on any atom is 0.231 e. The minimum absolute atomic E-state index is 0.0120. The predicted octanol–water partition coefficient (Wildman–Crippen LogP) is 3.51. The van der Waals surface area contributed by atoms with Gasteiger partial charge < -0.3 is 9.84 Å². The van der Waals surface area contributed by atoms with Crippen LogP contribution < -0.4 is 4.74 Å². The number of aromatic hydroxyl groups is 1. The van der Waals surface area contributed by atoms with Crippen molar-refractivity contribution in [3.8, 4) is 23.6 Å². The number of nitrogens with zero attached hydrogens (tertiary/aromatic N) is 3. The van der Waals surface area contributed by atoms with E-state index in [0.29, 0.717) is 16.1 Å². The first kappa shape index (κ1) is 18.5. The van der Waals surface area contributed by atoms with E-state index in [1.54, 1.807) is 35.2 Å². The molecular formula is C20H14ClN3O3. The Bertz CT molecular complexity index is 985. The van der Waals surface area contributed by atoms with Crippen molar-refractivity contribution in [3.05, 3.63) is 63.9 Å². The average molecular weight is 380 g/mol. The number of rotatable bonds is 5. The lowest BCUT2D eigenvalue weighted by Gasteiger charge is -2.17. The highest BCUT2D eigenvalue weighted by Crippen LogP contribution is 2.40. The van der Waals surface area contributed by atoms with Crippen molar-refractivity contribution in [2.75, 3.05) is 13.1 Å². The summed E-state index contributed by atoms with van der Waals surface area (Å²) in [4.78, 5) is 14.2. The van der Waals surface area contributed by atoms with Crippen LogP contribution in [0.15, 0.2) is 42.2 Å². The number of hydrogen-bond acceptors (Lipinski definition) is 6. The number of Topliss-reactive ketones (excluding diaryl/α,β-unsaturated/α-hetero) is 1. The lowest BCUT2D eigenvalue weighted by molar-refractivity contribution is 0.101. The van der Waals surface area contributed by atoms with Crippen LogP contribution in [-0.2, 0) is 6.54 Å². The Kier molecular flexibility index (Phi) is 5.42. The quantitative estimate of drug-likeness (QED) is 0.630. The van der Waals surface area contributed by atoms with E-state index in [9.17, 15) is 9.90 Å². The summed E-state index contributed by atoms with van der Waals surface area (Å²) in [6.07, 6.45) is 1.60. The number of ketones is 1. The van der Waals surface area contributed by atoms with Crippen molar-refractivity contribution in [3.63, 3.8) is 0 Å². The van der Waals surface area contributed by atoms with Crippen LogP contribution in [0.5, 0.6) is 11.5 Å². The van der Waals surface area contributed by atoms with Gasteiger partial charge in [0, 0.05) is 11.6 Å². The third-order valence-electron chi connectivity index (χ3n) is 4.05. The summed E-state index contributed by atoms with van der Waals surface area (Å²) < 4.78 is 5.75. The van der Waals surface area contributed by atoms with Gasteiger partial charge in [-0.1, -0.05) is 23.7 Å². The van der Waals surface area contributed by atoms with Crippen LogP contribution in [0, 0.1) is 22.7 Å². The molecule has 0 saturated heterocycles. The Morgan fingerprint density at radius 1 is 1.11 bits per heavy atom. The molecule has 1 aliphatic heterocycles. The average Bonchev–Trinajstić information content (AvgIpc) is 2.96. The highest BCUT2D eigenvalue weighted by Gasteiger charge is 2.31. The molecule has 0 radical (unpaired) electrons. The molecule has 7 heteroatoms. The molecule has 1 N–H and O–H groups in total. The molecule has 0 aliphatic carbocycles. The summed E-state index contributed by atoms with van der Waals surface area (Å²) in [7, 11) is 0. The molecule has 0 unspecified atom stereocenters. The second kappa shape index (κ2) is 7.92. The molecule has 1 heterocycles. The van der Waals surface area contributed by atoms with Crippen molar-refractivity contribution in [1.82, 2.24) is 4.90 Å². The molecule has 3 rings (SSSR count). The number of phenolic OH excluding ortho intramolecular Hbond substituents is 1. The number of fused-ring (bicyclic) bond motifs is 1. The van der Waals surface area contributed by atoms with Crippen LogP contribution in [0.3, 0.4) is 0 Å². The first-order valence-electron chi connectivity index (χ1n) is 8.04. The Morgan fingerprint density at radius 3 is 2.41 bits per heavy atom. The van der Waals surface area contributed by atoms with Crippen molar-refractivity contribution in [2.24, 2.45) is 0 Å². The SMILES string of the molecule is N#CCN(CC#N)Cc1c(O)ccc2c1OC(=Cc1ccc(Cl)cc1)C2=O. The molecule has 2 aromatic carbocycles. The third kappa shape index (κ3) is 3.93. The van der Waals surface area contributed by atoms with E-state index < -0.39 is 0 Å². The fourth-order valence-corrected chi connectivity index (χ4v) is 2.88. The number of ether oxygens (including phenoxy) is 1. The van der Waals surface area contributed by atoms with Crippen molar-refractivity contribution < 1.29 is 14.6 Å². The van der Waals surface area contributed by atoms with E-state index in [1.807, 2.05) is 12.1 Å². The number of hydrogen-bond donors (Lipinski definition) is 1. The largest absolute Gasteiger partial charge is 0.507 e. The van der Waals surface area contributed by atoms with Crippen molar-refractivity contribution in [2.45, 2.75) is 6.54 Å². The van der Waals surface area contributed by atoms with Crippen LogP contribution in [0.25, 0.3) is 6.08 Å². The highest BCUT2D eigenvalue weighted by atomic mass is 35.5. The van der Waals surface area contributed by atoms with Gasteiger partial charge in [0.25, 0.3) is 0 Å². The minimum Gasteiger partial charge on any atom is -0.507 e.